The van der Waals surface area contributed by atoms with E-state index in [0.717, 1.165) is 24.6 Å². The van der Waals surface area contributed by atoms with Crippen LogP contribution in [-0.4, -0.2) is 23.2 Å². The van der Waals surface area contributed by atoms with Gasteiger partial charge in [0.15, 0.2) is 0 Å². The monoisotopic (exact) mass is 721 g/mol. The van der Waals surface area contributed by atoms with Gasteiger partial charge in [0, 0.05) is 25.6 Å². The summed E-state index contributed by atoms with van der Waals surface area (Å²) in [5.74, 6) is 0.144. The number of aromatic nitrogens is 2. The molecule has 0 spiro atoms. The normalized spacial score (nSPS) is 12.2. The van der Waals surface area contributed by atoms with E-state index in [-0.39, 0.29) is 43.4 Å². The number of hydrogen-bond acceptors (Lipinski definition) is 5. The van der Waals surface area contributed by atoms with E-state index >= 15 is 0 Å². The fraction of sp³-hybridized carbons (Fsp3) is 0.353. The first-order valence-corrected chi connectivity index (χ1v) is 13.4. The standard InChI is InChI=1S/C18H24N2.2C6H6O.C4H8O.Pt/c1-17(2,3)13-7-9-19-15(11-13)16-12-14(8-10-20-16)18(4,5)6;2*7-6-4-2-1-3-5-6;1-2-4-5-3-1;/h7-12H,1-6H3;2*1-5,7H;1-4H2;/q;;;;+2/p-2. The first-order chi connectivity index (χ1) is 18.5. The molecule has 3 heterocycles. The fourth-order valence-corrected chi connectivity index (χ4v) is 3.43. The van der Waals surface area contributed by atoms with Crippen LogP contribution >= 0.6 is 0 Å². The van der Waals surface area contributed by atoms with Crippen molar-refractivity contribution in [1.29, 1.82) is 0 Å². The molecule has 1 saturated heterocycles. The van der Waals surface area contributed by atoms with Crippen molar-refractivity contribution in [2.24, 2.45) is 0 Å². The van der Waals surface area contributed by atoms with Gasteiger partial charge < -0.3 is 14.9 Å². The van der Waals surface area contributed by atoms with Crippen LogP contribution in [0.1, 0.15) is 65.5 Å². The van der Waals surface area contributed by atoms with Crippen molar-refractivity contribution in [2.75, 3.05) is 13.2 Å². The summed E-state index contributed by atoms with van der Waals surface area (Å²) in [5.41, 5.74) is 4.71. The largest absolute Gasteiger partial charge is 2.00 e. The maximum Gasteiger partial charge on any atom is 2.00 e. The van der Waals surface area contributed by atoms with Crippen LogP contribution in [0.5, 0.6) is 11.5 Å². The van der Waals surface area contributed by atoms with Gasteiger partial charge in [0.05, 0.1) is 11.4 Å². The second-order valence-electron chi connectivity index (χ2n) is 11.3. The predicted octanol–water partition coefficient (Wildman–Crippen LogP) is 7.05. The van der Waals surface area contributed by atoms with E-state index < -0.39 is 0 Å². The molecular formula is C34H42N2O3Pt. The number of para-hydroxylation sites is 2. The Hall–Kier alpha value is -3.01. The van der Waals surface area contributed by atoms with E-state index in [4.69, 9.17) is 4.74 Å². The molecule has 0 N–H and O–H groups in total. The molecule has 6 heteroatoms. The summed E-state index contributed by atoms with van der Waals surface area (Å²) in [7, 11) is 0. The summed E-state index contributed by atoms with van der Waals surface area (Å²) in [5, 5.41) is 20.5. The van der Waals surface area contributed by atoms with Gasteiger partial charge in [-0.3, -0.25) is 9.97 Å². The van der Waals surface area contributed by atoms with Crippen molar-refractivity contribution >= 4 is 0 Å². The predicted molar refractivity (Wildman–Crippen MR) is 157 cm³/mol. The van der Waals surface area contributed by atoms with E-state index in [1.165, 1.54) is 48.2 Å². The zero-order chi connectivity index (χ0) is 28.7. The Morgan fingerprint density at radius 1 is 0.575 bits per heavy atom. The molecule has 0 atom stereocenters. The van der Waals surface area contributed by atoms with Gasteiger partial charge >= 0.3 is 21.1 Å². The smallest absolute Gasteiger partial charge is 0.872 e. The van der Waals surface area contributed by atoms with Crippen LogP contribution in [0.15, 0.2) is 97.3 Å². The van der Waals surface area contributed by atoms with Gasteiger partial charge in [-0.15, -0.1) is 11.5 Å². The fourth-order valence-electron chi connectivity index (χ4n) is 3.43. The average molecular weight is 722 g/mol. The minimum absolute atomic E-state index is 0. The summed E-state index contributed by atoms with van der Waals surface area (Å²) in [6.07, 6.45) is 6.31. The summed E-state index contributed by atoms with van der Waals surface area (Å²) >= 11 is 0. The van der Waals surface area contributed by atoms with Crippen LogP contribution in [0.25, 0.3) is 11.4 Å². The maximum atomic E-state index is 10.3. The van der Waals surface area contributed by atoms with Gasteiger partial charge in [0.1, 0.15) is 0 Å². The quantitative estimate of drug-likeness (QED) is 0.211. The third-order valence-corrected chi connectivity index (χ3v) is 5.83. The van der Waals surface area contributed by atoms with Crippen molar-refractivity contribution in [3.05, 3.63) is 108 Å². The molecule has 5 rings (SSSR count). The van der Waals surface area contributed by atoms with Gasteiger partial charge in [-0.05, 0) is 59.1 Å². The van der Waals surface area contributed by atoms with E-state index in [1.807, 2.05) is 24.5 Å². The van der Waals surface area contributed by atoms with Crippen LogP contribution in [0, 0.1) is 0 Å². The van der Waals surface area contributed by atoms with E-state index in [2.05, 4.69) is 75.8 Å². The van der Waals surface area contributed by atoms with Crippen molar-refractivity contribution < 1.29 is 36.0 Å². The number of benzene rings is 2. The first kappa shape index (κ1) is 35.0. The molecule has 0 radical (unpaired) electrons. The minimum Gasteiger partial charge on any atom is -0.872 e. The molecule has 1 aliphatic heterocycles. The Kier molecular flexibility index (Phi) is 15.4. The molecule has 2 aromatic carbocycles. The summed E-state index contributed by atoms with van der Waals surface area (Å²) in [6, 6.07) is 25.1. The summed E-state index contributed by atoms with van der Waals surface area (Å²) < 4.78 is 4.94. The number of nitrogens with zero attached hydrogens (tertiary/aromatic N) is 2. The zero-order valence-corrected chi connectivity index (χ0v) is 26.8. The molecule has 0 amide bonds. The van der Waals surface area contributed by atoms with Gasteiger partial charge in [-0.1, -0.05) is 102 Å². The molecule has 0 bridgehead atoms. The Bertz CT molecular complexity index is 1120. The molecule has 5 nitrogen and oxygen atoms in total. The average Bonchev–Trinajstić information content (AvgIpc) is 3.50. The Morgan fingerprint density at radius 3 is 1.15 bits per heavy atom. The van der Waals surface area contributed by atoms with Gasteiger partial charge in [-0.2, -0.15) is 0 Å². The van der Waals surface area contributed by atoms with E-state index in [1.54, 1.807) is 24.3 Å². The SMILES string of the molecule is C1CCOC1.CC(C)(C)c1ccnc(-c2cc(C(C)(C)C)ccn2)c1.[O-]c1ccccc1.[O-]c1ccccc1.[Pt+2]. The number of hydrogen-bond donors (Lipinski definition) is 0. The molecule has 1 aliphatic rings. The topological polar surface area (TPSA) is 81.1 Å². The molecule has 4 aromatic rings. The maximum absolute atomic E-state index is 10.3. The zero-order valence-electron chi connectivity index (χ0n) is 24.5. The number of pyridine rings is 2. The van der Waals surface area contributed by atoms with E-state index in [0.29, 0.717) is 0 Å². The Labute approximate surface area is 255 Å². The second-order valence-corrected chi connectivity index (χ2v) is 11.3. The second kappa shape index (κ2) is 17.6. The Morgan fingerprint density at radius 2 is 0.925 bits per heavy atom. The molecule has 1 fully saturated rings. The molecular weight excluding hydrogens is 679 g/mol. The van der Waals surface area contributed by atoms with Crippen molar-refractivity contribution in [3.63, 3.8) is 0 Å². The van der Waals surface area contributed by atoms with Crippen LogP contribution in [0.3, 0.4) is 0 Å². The van der Waals surface area contributed by atoms with Gasteiger partial charge in [0.25, 0.3) is 0 Å². The third kappa shape index (κ3) is 13.9. The van der Waals surface area contributed by atoms with Gasteiger partial charge in [-0.25, -0.2) is 0 Å². The summed E-state index contributed by atoms with van der Waals surface area (Å²) in [6.45, 7) is 15.3. The number of rotatable bonds is 1. The molecule has 216 valence electrons. The molecule has 0 unspecified atom stereocenters. The molecule has 40 heavy (non-hydrogen) atoms. The molecule has 0 aliphatic carbocycles. The number of ether oxygens (including phenoxy) is 1. The van der Waals surface area contributed by atoms with E-state index in [9.17, 15) is 10.2 Å². The summed E-state index contributed by atoms with van der Waals surface area (Å²) in [4.78, 5) is 8.97. The molecule has 2 aromatic heterocycles. The molecule has 0 saturated carbocycles. The minimum atomic E-state index is 0. The van der Waals surface area contributed by atoms with Crippen molar-refractivity contribution in [3.8, 4) is 22.9 Å². The van der Waals surface area contributed by atoms with Crippen LogP contribution in [-0.2, 0) is 36.6 Å². The third-order valence-electron chi connectivity index (χ3n) is 5.83. The van der Waals surface area contributed by atoms with Gasteiger partial charge in [0.2, 0.25) is 0 Å². The van der Waals surface area contributed by atoms with Crippen molar-refractivity contribution in [1.82, 2.24) is 9.97 Å². The van der Waals surface area contributed by atoms with Crippen LogP contribution < -0.4 is 10.2 Å². The Balaban J connectivity index is 0.000000323. The van der Waals surface area contributed by atoms with Crippen LogP contribution in [0.2, 0.25) is 0 Å². The first-order valence-electron chi connectivity index (χ1n) is 13.4. The van der Waals surface area contributed by atoms with Crippen molar-refractivity contribution in [2.45, 2.75) is 65.2 Å². The van der Waals surface area contributed by atoms with Crippen LogP contribution in [0.4, 0.5) is 0 Å².